The Labute approximate surface area is 718 Å². The first-order valence-electron chi connectivity index (χ1n) is 35.7. The maximum Gasteiger partial charge on any atom is 0.343 e. The van der Waals surface area contributed by atoms with Crippen LogP contribution in [0.1, 0.15) is 70.6 Å². The zero-order valence-corrected chi connectivity index (χ0v) is 69.3. The predicted molar refractivity (Wildman–Crippen MR) is 457 cm³/mol. The molecule has 0 spiro atoms. The summed E-state index contributed by atoms with van der Waals surface area (Å²) in [4.78, 5) is 63.6. The second-order valence-electron chi connectivity index (χ2n) is 23.9. The van der Waals surface area contributed by atoms with Crippen molar-refractivity contribution < 1.29 is 50.2 Å². The van der Waals surface area contributed by atoms with Crippen molar-refractivity contribution in [3.05, 3.63) is 251 Å². The van der Waals surface area contributed by atoms with E-state index < -0.39 is 41.1 Å². The number of nitrogens with one attached hydrogen (secondary N) is 6. The largest absolute Gasteiger partial charge is 0.462 e. The molecule has 8 heterocycles. The molecule has 1 aliphatic carbocycles. The number of anilines is 10. The van der Waals surface area contributed by atoms with E-state index >= 15 is 0 Å². The third-order valence-corrected chi connectivity index (χ3v) is 17.4. The normalized spacial score (nSPS) is 12.0. The number of aromatic nitrogens is 21. The number of carbonyl (C=O) groups is 3. The lowest BCUT2D eigenvalue weighted by molar-refractivity contribution is 0.0516. The second kappa shape index (κ2) is 49.7. The summed E-state index contributed by atoms with van der Waals surface area (Å²) in [6.07, 6.45) is 28.6. The average Bonchev–Trinajstić information content (AvgIpc) is 1.66. The van der Waals surface area contributed by atoms with Crippen molar-refractivity contribution in [2.75, 3.05) is 70.3 Å². The fraction of sp³-hybridized carbons (Fsp3) is 0.160. The molecule has 1 fully saturated rings. The highest BCUT2D eigenvalue weighted by atomic mass is 79.9. The number of ether oxygens (including phenoxy) is 2. The number of nitrogen functional groups attached to an aromatic ring is 5. The molecule has 1 saturated carbocycles. The third kappa shape index (κ3) is 30.6. The Morgan fingerprint density at radius 3 is 1.41 bits per heavy atom. The van der Waals surface area contributed by atoms with E-state index in [1.54, 1.807) is 32.4 Å². The van der Waals surface area contributed by atoms with E-state index in [1.807, 2.05) is 12.5 Å². The van der Waals surface area contributed by atoms with Gasteiger partial charge < -0.3 is 76.4 Å². The minimum absolute atomic E-state index is 0.0100. The maximum absolute atomic E-state index is 14.2. The number of halogens is 8. The molecule has 48 heteroatoms. The number of hydrogen-bond donors (Lipinski definition) is 13. The summed E-state index contributed by atoms with van der Waals surface area (Å²) in [6.45, 7) is 3.97. The summed E-state index contributed by atoms with van der Waals surface area (Å²) in [5, 5.41) is 62.5. The number of primary amides is 1. The van der Waals surface area contributed by atoms with Crippen molar-refractivity contribution in [1.29, 1.82) is 10.8 Å². The van der Waals surface area contributed by atoms with Gasteiger partial charge in [0.05, 0.1) is 85.3 Å². The van der Waals surface area contributed by atoms with Gasteiger partial charge in [0.2, 0.25) is 5.95 Å². The van der Waals surface area contributed by atoms with Crippen LogP contribution in [0.5, 0.6) is 0 Å². The van der Waals surface area contributed by atoms with Gasteiger partial charge in [-0.3, -0.25) is 4.79 Å². The van der Waals surface area contributed by atoms with Crippen molar-refractivity contribution in [1.82, 2.24) is 105 Å². The van der Waals surface area contributed by atoms with E-state index in [2.05, 4.69) is 118 Å². The number of thioether (sulfide) groups is 2. The summed E-state index contributed by atoms with van der Waals surface area (Å²) < 4.78 is 90.9. The number of benzene rings is 6. The van der Waals surface area contributed by atoms with Gasteiger partial charge in [0.15, 0.2) is 27.8 Å². The van der Waals surface area contributed by atoms with E-state index in [4.69, 9.17) is 72.0 Å². The van der Waals surface area contributed by atoms with Gasteiger partial charge in [0.25, 0.3) is 5.91 Å². The highest BCUT2D eigenvalue weighted by Gasteiger charge is 2.24. The van der Waals surface area contributed by atoms with E-state index in [-0.39, 0.29) is 86.6 Å². The molecule has 1 amide bonds. The molecule has 0 bridgehead atoms. The fourth-order valence-electron chi connectivity index (χ4n) is 9.69. The van der Waals surface area contributed by atoms with Gasteiger partial charge >= 0.3 is 11.9 Å². The standard InChI is InChI=1S/C19H22FN9O.C16H15FN6O2S.C8H9ClN2O2S.2C8H7FN4.C6H5BrFN.C6H7FN2.C2H3N3.C2H4N2/c20-13-6-5-11(9-16(13)29-24-7-8-25-29)26-18-12(17(22)30)10-23-19(28-18)27-15-4-2-1-3-14(15)21;1-3-25-15(24)11-9-18-16(26-2)22-14(11)21-10-4-5-12(17)13(8-10)23-19-6-7-20-23;1-3-13-7(12)5-4-10-8(14-2)11-6(5)9;9-7-2-1-6(10)5-8(7)13-4-3-11-12-13;9-7-2-1-6(10)5-8(7)13-11-3-4-12-13;7-5-3-4(9)1-2-6(5)8;7-5-2-1-4(8)3-6(5)9;1-2-4-5-3-1;3-1-2-4/h5-10,14-15H,1-4,21H2,(H2,22,30)(H2,23,26,27,28);4-9H,3H2,1-2H3,(H,18,21,22);4H,3H2,1-2H3;2*1-5H,10H2;1-3H,9H2;1-3H,8-9H2;1-2H,(H,3,4,5);1-4H/t14-,15+;;;;;;;;/m0......../s1. The molecule has 20 N–H and O–H groups in total. The minimum atomic E-state index is -0.686. The van der Waals surface area contributed by atoms with Crippen molar-refractivity contribution in [2.45, 2.75) is 61.9 Å². The second-order valence-corrected chi connectivity index (χ2v) is 26.7. The Bertz CT molecular complexity index is 5520. The zero-order valence-electron chi connectivity index (χ0n) is 65.3. The van der Waals surface area contributed by atoms with Crippen molar-refractivity contribution in [2.24, 2.45) is 11.5 Å². The lowest BCUT2D eigenvalue weighted by atomic mass is 9.91. The van der Waals surface area contributed by atoms with E-state index in [0.717, 1.165) is 42.9 Å². The molecule has 123 heavy (non-hydrogen) atoms. The molecule has 0 saturated heterocycles. The average molecular weight is 1820 g/mol. The summed E-state index contributed by atoms with van der Waals surface area (Å²) in [5.74, 6) is -3.38. The van der Waals surface area contributed by atoms with Crippen LogP contribution in [-0.4, -0.2) is 173 Å². The molecular weight excluding hydrogens is 1740 g/mol. The Hall–Kier alpha value is -14.6. The number of amides is 1. The van der Waals surface area contributed by atoms with Gasteiger partial charge in [-0.1, -0.05) is 53.2 Å². The first kappa shape index (κ1) is 95.6. The summed E-state index contributed by atoms with van der Waals surface area (Å²) in [6, 6.07) is 25.7. The fourth-order valence-corrected chi connectivity index (χ4v) is 11.0. The highest BCUT2D eigenvalue weighted by Crippen LogP contribution is 2.29. The van der Waals surface area contributed by atoms with E-state index in [9.17, 15) is 40.7 Å². The molecule has 2 atom stereocenters. The number of aromatic amines is 1. The summed E-state index contributed by atoms with van der Waals surface area (Å²) in [5.41, 5.74) is 42.9. The number of hydrogen-bond acceptors (Lipinski definition) is 34. The quantitative estimate of drug-likeness (QED) is 0.00722. The Balaban J connectivity index is 0.000000202. The molecule has 8 aromatic heterocycles. The predicted octanol–water partition coefficient (Wildman–Crippen LogP) is 11.8. The van der Waals surface area contributed by atoms with E-state index in [1.165, 1.54) is 209 Å². The van der Waals surface area contributed by atoms with Gasteiger partial charge in [0.1, 0.15) is 73.7 Å². The molecule has 1 aliphatic rings. The molecule has 0 radical (unpaired) electrons. The van der Waals surface area contributed by atoms with Crippen LogP contribution >= 0.6 is 51.1 Å². The van der Waals surface area contributed by atoms with Crippen LogP contribution in [0.3, 0.4) is 0 Å². The first-order valence-corrected chi connectivity index (χ1v) is 39.3. The van der Waals surface area contributed by atoms with E-state index in [0.29, 0.717) is 67.2 Å². The Morgan fingerprint density at radius 2 is 0.976 bits per heavy atom. The van der Waals surface area contributed by atoms with Gasteiger partial charge in [-0.05, 0) is 164 Å². The van der Waals surface area contributed by atoms with Crippen LogP contribution in [0.2, 0.25) is 5.15 Å². The monoisotopic (exact) mass is 1810 g/mol. The van der Waals surface area contributed by atoms with Crippen molar-refractivity contribution >= 4 is 139 Å². The number of esters is 2. The maximum atomic E-state index is 14.2. The SMILES string of the molecule is CCOC(=O)c1cnc(SC)nc1Cl.CCOC(=O)c1cnc(SC)nc1Nc1ccc(F)c(-n2nccn2)c1.N=CC=N.NC(=O)c1cnc(N[C@@H]2CCCC[C@@H]2N)nc1Nc1ccc(F)c(-n2nccn2)c1.Nc1ccc(F)c(-n2ccnn2)c1.Nc1ccc(F)c(-n2nccn2)c1.Nc1ccc(F)c(Br)c1.Nc1ccc(F)c(N)c1.c1cn[nH]n1. The molecule has 6 aromatic carbocycles. The summed E-state index contributed by atoms with van der Waals surface area (Å²) >= 11 is 11.5. The lowest BCUT2D eigenvalue weighted by Gasteiger charge is -2.29. The Morgan fingerprint density at radius 1 is 0.545 bits per heavy atom. The Kier molecular flexibility index (Phi) is 38.6. The van der Waals surface area contributed by atoms with Gasteiger partial charge in [-0.2, -0.15) is 51.0 Å². The summed E-state index contributed by atoms with van der Waals surface area (Å²) in [7, 11) is 0. The number of nitrogens with zero attached hydrogens (tertiary/aromatic N) is 20. The van der Waals surface area contributed by atoms with Crippen LogP contribution in [0.25, 0.3) is 22.7 Å². The van der Waals surface area contributed by atoms with Crippen LogP contribution in [0.15, 0.2) is 205 Å². The molecule has 38 nitrogen and oxygen atoms in total. The van der Waals surface area contributed by atoms with Crippen molar-refractivity contribution in [3.8, 4) is 22.7 Å². The minimum Gasteiger partial charge on any atom is -0.462 e. The molecule has 14 aromatic rings. The number of carbonyl (C=O) groups excluding carboxylic acids is 3. The number of rotatable bonds is 18. The smallest absolute Gasteiger partial charge is 0.343 e. The lowest BCUT2D eigenvalue weighted by Crippen LogP contribution is -2.43. The van der Waals surface area contributed by atoms with Gasteiger partial charge in [-0.25, -0.2) is 65.5 Å². The van der Waals surface area contributed by atoms with Gasteiger partial charge in [0, 0.05) is 77.2 Å². The van der Waals surface area contributed by atoms with Crippen LogP contribution in [-0.2, 0) is 9.47 Å². The molecule has 0 aliphatic heterocycles. The topological polar surface area (TPSA) is 577 Å². The van der Waals surface area contributed by atoms with Crippen LogP contribution < -0.4 is 56.1 Å². The van der Waals surface area contributed by atoms with Crippen LogP contribution in [0, 0.1) is 45.7 Å². The van der Waals surface area contributed by atoms with Gasteiger partial charge in [-0.15, -0.1) is 19.5 Å². The van der Waals surface area contributed by atoms with Crippen LogP contribution in [0.4, 0.5) is 83.7 Å². The zero-order chi connectivity index (χ0) is 89.3. The highest BCUT2D eigenvalue weighted by molar-refractivity contribution is 9.10. The molecule has 642 valence electrons. The molecular formula is C75H79BrClF6N33O5S2. The number of H-pyrrole nitrogens is 1. The van der Waals surface area contributed by atoms with Crippen molar-refractivity contribution in [3.63, 3.8) is 0 Å². The first-order chi connectivity index (χ1) is 59.2. The number of nitrogens with two attached hydrogens (primary N) is 7. The third-order valence-electron chi connectivity index (χ3n) is 15.3. The molecule has 0 unspecified atom stereocenters. The molecule has 15 rings (SSSR count).